The first-order valence-corrected chi connectivity index (χ1v) is 7.91. The lowest BCUT2D eigenvalue weighted by atomic mass is 10.2. The first-order chi connectivity index (χ1) is 8.88. The molecule has 1 aromatic carbocycles. The largest absolute Gasteiger partial charge is 0.396 e. The fraction of sp³-hybridized carbons (Fsp3) is 0.455. The van der Waals surface area contributed by atoms with Crippen molar-refractivity contribution in [1.82, 2.24) is 4.72 Å². The lowest BCUT2D eigenvalue weighted by Gasteiger charge is -2.09. The van der Waals surface area contributed by atoms with Gasteiger partial charge in [-0.15, -0.1) is 0 Å². The molecule has 1 aromatic rings. The van der Waals surface area contributed by atoms with Crippen molar-refractivity contribution in [2.45, 2.75) is 24.2 Å². The van der Waals surface area contributed by atoms with Gasteiger partial charge in [0.25, 0.3) is 0 Å². The summed E-state index contributed by atoms with van der Waals surface area (Å²) in [6, 6.07) is 1.41. The number of benzene rings is 1. The summed E-state index contributed by atoms with van der Waals surface area (Å²) in [5, 5.41) is 8.57. The molecule has 0 heterocycles. The van der Waals surface area contributed by atoms with E-state index in [0.29, 0.717) is 25.3 Å². The third kappa shape index (κ3) is 4.79. The number of rotatable bonds is 7. The second kappa shape index (κ2) is 7.28. The SMILES string of the molecule is O=S(=O)(NCCCCCO)c1c(F)cc(F)cc1Br. The van der Waals surface area contributed by atoms with Gasteiger partial charge in [-0.25, -0.2) is 21.9 Å². The molecule has 19 heavy (non-hydrogen) atoms. The molecule has 4 nitrogen and oxygen atoms in total. The Balaban J connectivity index is 2.78. The van der Waals surface area contributed by atoms with Crippen molar-refractivity contribution < 1.29 is 22.3 Å². The van der Waals surface area contributed by atoms with Crippen molar-refractivity contribution in [3.8, 4) is 0 Å². The van der Waals surface area contributed by atoms with E-state index in [1.54, 1.807) is 0 Å². The first-order valence-electron chi connectivity index (χ1n) is 5.63. The van der Waals surface area contributed by atoms with E-state index >= 15 is 0 Å². The van der Waals surface area contributed by atoms with Crippen LogP contribution in [0.5, 0.6) is 0 Å². The standard InChI is InChI=1S/C11H14BrF2NO3S/c12-9-6-8(13)7-10(14)11(9)19(17,18)15-4-2-1-3-5-16/h6-7,15-16H,1-5H2. The van der Waals surface area contributed by atoms with Gasteiger partial charge in [0.2, 0.25) is 10.0 Å². The van der Waals surface area contributed by atoms with Gasteiger partial charge in [-0.05, 0) is 41.3 Å². The van der Waals surface area contributed by atoms with Crippen LogP contribution < -0.4 is 4.72 Å². The van der Waals surface area contributed by atoms with Crippen LogP contribution in [0.4, 0.5) is 8.78 Å². The van der Waals surface area contributed by atoms with Gasteiger partial charge in [0, 0.05) is 23.7 Å². The van der Waals surface area contributed by atoms with Crippen LogP contribution >= 0.6 is 15.9 Å². The summed E-state index contributed by atoms with van der Waals surface area (Å²) in [7, 11) is -4.03. The summed E-state index contributed by atoms with van der Waals surface area (Å²) >= 11 is 2.84. The molecule has 2 N–H and O–H groups in total. The van der Waals surface area contributed by atoms with Crippen LogP contribution in [0.3, 0.4) is 0 Å². The van der Waals surface area contributed by atoms with Crippen LogP contribution in [0, 0.1) is 11.6 Å². The molecule has 0 saturated heterocycles. The van der Waals surface area contributed by atoms with Crippen molar-refractivity contribution >= 4 is 26.0 Å². The Kier molecular flexibility index (Phi) is 6.31. The summed E-state index contributed by atoms with van der Waals surface area (Å²) in [6.07, 6.45) is 1.77. The van der Waals surface area contributed by atoms with Gasteiger partial charge in [0.05, 0.1) is 0 Å². The Morgan fingerprint density at radius 1 is 1.21 bits per heavy atom. The number of aliphatic hydroxyl groups is 1. The van der Waals surface area contributed by atoms with E-state index in [0.717, 1.165) is 6.07 Å². The fourth-order valence-electron chi connectivity index (χ4n) is 1.48. The summed E-state index contributed by atoms with van der Waals surface area (Å²) in [5.41, 5.74) is 0. The zero-order chi connectivity index (χ0) is 14.5. The zero-order valence-corrected chi connectivity index (χ0v) is 12.4. The Bertz CT molecular complexity index is 514. The minimum Gasteiger partial charge on any atom is -0.396 e. The van der Waals surface area contributed by atoms with Gasteiger partial charge in [0.1, 0.15) is 16.5 Å². The molecule has 0 unspecified atom stereocenters. The maximum Gasteiger partial charge on any atom is 0.244 e. The lowest BCUT2D eigenvalue weighted by Crippen LogP contribution is -2.26. The number of nitrogens with one attached hydrogen (secondary N) is 1. The third-order valence-corrected chi connectivity index (χ3v) is 4.78. The maximum atomic E-state index is 13.5. The third-order valence-electron chi connectivity index (χ3n) is 2.36. The van der Waals surface area contributed by atoms with Gasteiger partial charge >= 0.3 is 0 Å². The molecule has 0 radical (unpaired) electrons. The predicted molar refractivity (Wildman–Crippen MR) is 70.2 cm³/mol. The summed E-state index contributed by atoms with van der Waals surface area (Å²) in [5.74, 6) is -2.00. The molecule has 0 fully saturated rings. The Hall–Kier alpha value is -0.570. The minimum atomic E-state index is -4.03. The Morgan fingerprint density at radius 3 is 2.47 bits per heavy atom. The highest BCUT2D eigenvalue weighted by atomic mass is 79.9. The van der Waals surface area contributed by atoms with E-state index in [-0.39, 0.29) is 17.6 Å². The van der Waals surface area contributed by atoms with Gasteiger partial charge < -0.3 is 5.11 Å². The summed E-state index contributed by atoms with van der Waals surface area (Å²) < 4.78 is 52.2. The normalized spacial score (nSPS) is 11.8. The number of aliphatic hydroxyl groups excluding tert-OH is 1. The van der Waals surface area contributed by atoms with Crippen LogP contribution in [0.25, 0.3) is 0 Å². The van der Waals surface area contributed by atoms with Crippen LogP contribution in [0.1, 0.15) is 19.3 Å². The number of hydrogen-bond donors (Lipinski definition) is 2. The quantitative estimate of drug-likeness (QED) is 0.735. The van der Waals surface area contributed by atoms with E-state index < -0.39 is 26.6 Å². The topological polar surface area (TPSA) is 66.4 Å². The fourth-order valence-corrected chi connectivity index (χ4v) is 3.71. The molecular formula is C11H14BrF2NO3S. The van der Waals surface area contributed by atoms with Crippen LogP contribution in [-0.4, -0.2) is 26.7 Å². The number of unbranched alkanes of at least 4 members (excludes halogenated alkanes) is 2. The van der Waals surface area contributed by atoms with Gasteiger partial charge in [-0.1, -0.05) is 0 Å². The van der Waals surface area contributed by atoms with Crippen LogP contribution in [0.15, 0.2) is 21.5 Å². The van der Waals surface area contributed by atoms with E-state index in [1.165, 1.54) is 0 Å². The smallest absolute Gasteiger partial charge is 0.244 e. The van der Waals surface area contributed by atoms with E-state index in [9.17, 15) is 17.2 Å². The molecule has 0 saturated carbocycles. The molecule has 0 amide bonds. The second-order valence-corrected chi connectivity index (χ2v) is 6.44. The molecule has 108 valence electrons. The highest BCUT2D eigenvalue weighted by molar-refractivity contribution is 9.10. The van der Waals surface area contributed by atoms with Crippen LogP contribution in [0.2, 0.25) is 0 Å². The van der Waals surface area contributed by atoms with Crippen molar-refractivity contribution in [2.24, 2.45) is 0 Å². The van der Waals surface area contributed by atoms with Gasteiger partial charge in [-0.3, -0.25) is 0 Å². The molecule has 0 aliphatic carbocycles. The Morgan fingerprint density at radius 2 is 1.89 bits per heavy atom. The molecule has 0 spiro atoms. The van der Waals surface area contributed by atoms with Gasteiger partial charge in [0.15, 0.2) is 0 Å². The second-order valence-electron chi connectivity index (χ2n) is 3.88. The molecule has 0 aliphatic heterocycles. The summed E-state index contributed by atoms with van der Waals surface area (Å²) in [6.45, 7) is 0.177. The molecule has 0 aliphatic rings. The van der Waals surface area contributed by atoms with Crippen molar-refractivity contribution in [3.63, 3.8) is 0 Å². The van der Waals surface area contributed by atoms with E-state index in [2.05, 4.69) is 20.7 Å². The molecule has 1 rings (SSSR count). The highest BCUT2D eigenvalue weighted by Crippen LogP contribution is 2.26. The maximum absolute atomic E-state index is 13.5. The first kappa shape index (κ1) is 16.5. The highest BCUT2D eigenvalue weighted by Gasteiger charge is 2.23. The molecule has 0 atom stereocenters. The zero-order valence-electron chi connectivity index (χ0n) is 10.00. The van der Waals surface area contributed by atoms with E-state index in [1.807, 2.05) is 0 Å². The average molecular weight is 358 g/mol. The van der Waals surface area contributed by atoms with Crippen molar-refractivity contribution in [1.29, 1.82) is 0 Å². The number of hydrogen-bond acceptors (Lipinski definition) is 3. The molecule has 0 bridgehead atoms. The Labute approximate surface area is 119 Å². The molecule has 0 aromatic heterocycles. The monoisotopic (exact) mass is 357 g/mol. The predicted octanol–water partition coefficient (Wildman–Crippen LogP) is 2.17. The minimum absolute atomic E-state index is 0.0465. The average Bonchev–Trinajstić information content (AvgIpc) is 2.26. The number of sulfonamides is 1. The van der Waals surface area contributed by atoms with E-state index in [4.69, 9.17) is 5.11 Å². The number of halogens is 3. The lowest BCUT2D eigenvalue weighted by molar-refractivity contribution is 0.283. The van der Waals surface area contributed by atoms with Crippen molar-refractivity contribution in [3.05, 3.63) is 28.2 Å². The summed E-state index contributed by atoms with van der Waals surface area (Å²) in [4.78, 5) is -0.601. The van der Waals surface area contributed by atoms with Crippen LogP contribution in [-0.2, 0) is 10.0 Å². The molecular weight excluding hydrogens is 344 g/mol. The molecule has 8 heteroatoms. The van der Waals surface area contributed by atoms with Crippen molar-refractivity contribution in [2.75, 3.05) is 13.2 Å². The van der Waals surface area contributed by atoms with Gasteiger partial charge in [-0.2, -0.15) is 0 Å².